The standard InChI is InChI=1S/C21H24BrCl2NO4/c1-12(2)8-18(21(26)27)25-10-15-16(22)6-7-19(28-3)20(15)29-11-13-4-5-14(23)9-17(13)24/h4-7,9,12,18,25H,8,10-11H2,1-3H3,(H,26,27). The van der Waals surface area contributed by atoms with E-state index in [1.807, 2.05) is 19.9 Å². The minimum atomic E-state index is -0.881. The number of benzene rings is 2. The van der Waals surface area contributed by atoms with Gasteiger partial charge in [0.25, 0.3) is 0 Å². The van der Waals surface area contributed by atoms with Crippen LogP contribution in [-0.2, 0) is 17.9 Å². The van der Waals surface area contributed by atoms with Crippen molar-refractivity contribution in [1.29, 1.82) is 0 Å². The largest absolute Gasteiger partial charge is 0.493 e. The van der Waals surface area contributed by atoms with Gasteiger partial charge in [0.2, 0.25) is 0 Å². The van der Waals surface area contributed by atoms with Gasteiger partial charge in [-0.3, -0.25) is 4.79 Å². The van der Waals surface area contributed by atoms with Crippen molar-refractivity contribution < 1.29 is 19.4 Å². The van der Waals surface area contributed by atoms with Gasteiger partial charge in [0.15, 0.2) is 11.5 Å². The average molecular weight is 505 g/mol. The van der Waals surface area contributed by atoms with E-state index in [1.54, 1.807) is 31.4 Å². The Hall–Kier alpha value is -1.47. The van der Waals surface area contributed by atoms with Gasteiger partial charge < -0.3 is 19.9 Å². The zero-order valence-corrected chi connectivity index (χ0v) is 19.6. The van der Waals surface area contributed by atoms with Crippen LogP contribution < -0.4 is 14.8 Å². The summed E-state index contributed by atoms with van der Waals surface area (Å²) < 4.78 is 12.3. The molecule has 29 heavy (non-hydrogen) atoms. The maximum Gasteiger partial charge on any atom is 0.320 e. The molecule has 0 fully saturated rings. The van der Waals surface area contributed by atoms with E-state index >= 15 is 0 Å². The molecule has 1 unspecified atom stereocenters. The second kappa shape index (κ2) is 11.1. The van der Waals surface area contributed by atoms with Crippen molar-refractivity contribution in [3.05, 3.63) is 56.0 Å². The molecule has 0 aliphatic carbocycles. The first-order valence-corrected chi connectivity index (χ1v) is 10.7. The zero-order valence-electron chi connectivity index (χ0n) is 16.5. The predicted octanol–water partition coefficient (Wildman–Crippen LogP) is 5.93. The summed E-state index contributed by atoms with van der Waals surface area (Å²) in [5, 5.41) is 13.7. The van der Waals surface area contributed by atoms with Crippen molar-refractivity contribution in [2.45, 2.75) is 39.5 Å². The number of methoxy groups -OCH3 is 1. The van der Waals surface area contributed by atoms with Crippen molar-refractivity contribution in [1.82, 2.24) is 5.32 Å². The molecule has 1 atom stereocenters. The van der Waals surface area contributed by atoms with Crippen LogP contribution in [0.3, 0.4) is 0 Å². The highest BCUT2D eigenvalue weighted by atomic mass is 79.9. The van der Waals surface area contributed by atoms with E-state index in [0.29, 0.717) is 34.5 Å². The van der Waals surface area contributed by atoms with E-state index in [0.717, 1.165) is 15.6 Å². The molecule has 2 rings (SSSR count). The zero-order chi connectivity index (χ0) is 21.6. The van der Waals surface area contributed by atoms with Gasteiger partial charge in [0, 0.05) is 32.2 Å². The molecule has 0 aliphatic rings. The normalized spacial score (nSPS) is 12.1. The van der Waals surface area contributed by atoms with Crippen LogP contribution in [0.2, 0.25) is 10.0 Å². The molecule has 0 radical (unpaired) electrons. The van der Waals surface area contributed by atoms with Crippen molar-refractivity contribution in [2.24, 2.45) is 5.92 Å². The minimum absolute atomic E-state index is 0.212. The van der Waals surface area contributed by atoms with Crippen LogP contribution in [0.25, 0.3) is 0 Å². The summed E-state index contributed by atoms with van der Waals surface area (Å²) in [6.45, 7) is 4.49. The molecule has 0 aromatic heterocycles. The third kappa shape index (κ3) is 6.78. The predicted molar refractivity (Wildman–Crippen MR) is 119 cm³/mol. The molecule has 5 nitrogen and oxygen atoms in total. The SMILES string of the molecule is COc1ccc(Br)c(CNC(CC(C)C)C(=O)O)c1OCc1ccc(Cl)cc1Cl. The number of rotatable bonds is 10. The Labute approximate surface area is 189 Å². The fourth-order valence-corrected chi connectivity index (χ4v) is 3.74. The highest BCUT2D eigenvalue weighted by Gasteiger charge is 2.21. The Morgan fingerprint density at radius 3 is 2.55 bits per heavy atom. The molecule has 2 N–H and O–H groups in total. The van der Waals surface area contributed by atoms with E-state index in [9.17, 15) is 9.90 Å². The Morgan fingerprint density at radius 1 is 1.24 bits per heavy atom. The van der Waals surface area contributed by atoms with E-state index in [-0.39, 0.29) is 12.5 Å². The lowest BCUT2D eigenvalue weighted by atomic mass is 10.0. The lowest BCUT2D eigenvalue weighted by Crippen LogP contribution is -2.37. The lowest BCUT2D eigenvalue weighted by molar-refractivity contribution is -0.140. The van der Waals surface area contributed by atoms with E-state index in [1.165, 1.54) is 0 Å². The van der Waals surface area contributed by atoms with Crippen LogP contribution in [0.1, 0.15) is 31.4 Å². The quantitative estimate of drug-likeness (QED) is 0.419. The summed E-state index contributed by atoms with van der Waals surface area (Å²) in [5.74, 6) is 0.438. The second-order valence-electron chi connectivity index (χ2n) is 6.98. The average Bonchev–Trinajstić information content (AvgIpc) is 2.65. The number of ether oxygens (including phenoxy) is 2. The fourth-order valence-electron chi connectivity index (χ4n) is 2.82. The summed E-state index contributed by atoms with van der Waals surface area (Å²) in [7, 11) is 1.56. The molecule has 0 amide bonds. The monoisotopic (exact) mass is 503 g/mol. The fraction of sp³-hybridized carbons (Fsp3) is 0.381. The number of hydrogen-bond acceptors (Lipinski definition) is 4. The molecule has 0 spiro atoms. The van der Waals surface area contributed by atoms with E-state index < -0.39 is 12.0 Å². The first-order chi connectivity index (χ1) is 13.7. The van der Waals surface area contributed by atoms with Gasteiger partial charge in [-0.15, -0.1) is 0 Å². The topological polar surface area (TPSA) is 67.8 Å². The van der Waals surface area contributed by atoms with Crippen LogP contribution >= 0.6 is 39.1 Å². The van der Waals surface area contributed by atoms with Gasteiger partial charge in [0.05, 0.1) is 7.11 Å². The van der Waals surface area contributed by atoms with Crippen LogP contribution in [0.5, 0.6) is 11.5 Å². The molecule has 0 aliphatic heterocycles. The summed E-state index contributed by atoms with van der Waals surface area (Å²) in [4.78, 5) is 11.6. The summed E-state index contributed by atoms with van der Waals surface area (Å²) in [6, 6.07) is 8.18. The first-order valence-electron chi connectivity index (χ1n) is 9.11. The van der Waals surface area contributed by atoms with Gasteiger partial charge >= 0.3 is 5.97 Å². The molecule has 2 aromatic rings. The second-order valence-corrected chi connectivity index (χ2v) is 8.68. The van der Waals surface area contributed by atoms with Crippen molar-refractivity contribution in [3.63, 3.8) is 0 Å². The molecule has 158 valence electrons. The number of carboxylic acids is 1. The van der Waals surface area contributed by atoms with Crippen LogP contribution in [-0.4, -0.2) is 24.2 Å². The van der Waals surface area contributed by atoms with Crippen LogP contribution in [0.4, 0.5) is 0 Å². The van der Waals surface area contributed by atoms with Crippen molar-refractivity contribution in [2.75, 3.05) is 7.11 Å². The highest BCUT2D eigenvalue weighted by molar-refractivity contribution is 9.10. The number of nitrogens with one attached hydrogen (secondary N) is 1. The molecular formula is C21H24BrCl2NO4. The first kappa shape index (κ1) is 23.8. The Morgan fingerprint density at radius 2 is 1.97 bits per heavy atom. The summed E-state index contributed by atoms with van der Waals surface area (Å²) >= 11 is 15.7. The minimum Gasteiger partial charge on any atom is -0.493 e. The number of hydrogen-bond donors (Lipinski definition) is 2. The number of carboxylic acid groups (broad SMARTS) is 1. The van der Waals surface area contributed by atoms with Gasteiger partial charge in [-0.1, -0.05) is 59.0 Å². The Kier molecular flexibility index (Phi) is 9.08. The number of carbonyl (C=O) groups is 1. The Balaban J connectivity index is 2.26. The van der Waals surface area contributed by atoms with Crippen LogP contribution in [0.15, 0.2) is 34.8 Å². The third-order valence-corrected chi connectivity index (χ3v) is 5.63. The maximum atomic E-state index is 11.6. The molecule has 0 saturated carbocycles. The van der Waals surface area contributed by atoms with E-state index in [2.05, 4.69) is 21.2 Å². The Bertz CT molecular complexity index is 861. The van der Waals surface area contributed by atoms with Gasteiger partial charge in [-0.05, 0) is 36.6 Å². The molecule has 0 saturated heterocycles. The van der Waals surface area contributed by atoms with Crippen molar-refractivity contribution >= 4 is 45.1 Å². The summed E-state index contributed by atoms with van der Waals surface area (Å²) in [6.07, 6.45) is 0.521. The van der Waals surface area contributed by atoms with Crippen LogP contribution in [0, 0.1) is 5.92 Å². The maximum absolute atomic E-state index is 11.6. The van der Waals surface area contributed by atoms with Gasteiger partial charge in [0.1, 0.15) is 12.6 Å². The van der Waals surface area contributed by atoms with Gasteiger partial charge in [-0.2, -0.15) is 0 Å². The third-order valence-electron chi connectivity index (χ3n) is 4.30. The summed E-state index contributed by atoms with van der Waals surface area (Å²) in [5.41, 5.74) is 1.55. The van der Waals surface area contributed by atoms with E-state index in [4.69, 9.17) is 32.7 Å². The number of aliphatic carboxylic acids is 1. The lowest BCUT2D eigenvalue weighted by Gasteiger charge is -2.20. The highest BCUT2D eigenvalue weighted by Crippen LogP contribution is 2.37. The molecule has 0 heterocycles. The number of halogens is 3. The molecular weight excluding hydrogens is 481 g/mol. The molecule has 2 aromatic carbocycles. The molecule has 8 heteroatoms. The van der Waals surface area contributed by atoms with Crippen molar-refractivity contribution in [3.8, 4) is 11.5 Å². The molecule has 0 bridgehead atoms. The van der Waals surface area contributed by atoms with Gasteiger partial charge in [-0.25, -0.2) is 0 Å². The smallest absolute Gasteiger partial charge is 0.320 e.